The van der Waals surface area contributed by atoms with Gasteiger partial charge in [0, 0.05) is 20.0 Å². The van der Waals surface area contributed by atoms with Gasteiger partial charge in [0.25, 0.3) is 0 Å². The van der Waals surface area contributed by atoms with Crippen LogP contribution in [0.3, 0.4) is 0 Å². The molecule has 1 rings (SSSR count). The zero-order valence-electron chi connectivity index (χ0n) is 8.17. The topological polar surface area (TPSA) is 53.4 Å². The molecule has 1 fully saturated rings. The van der Waals surface area contributed by atoms with Crippen LogP contribution in [0.15, 0.2) is 0 Å². The van der Waals surface area contributed by atoms with E-state index in [4.69, 9.17) is 10.1 Å². The minimum Gasteiger partial charge on any atom is -0.454 e. The van der Waals surface area contributed by atoms with Gasteiger partial charge < -0.3 is 9.64 Å². The van der Waals surface area contributed by atoms with Crippen LogP contribution in [0.2, 0.25) is 0 Å². The maximum atomic E-state index is 10.7. The molecule has 0 bridgehead atoms. The van der Waals surface area contributed by atoms with Gasteiger partial charge in [0.1, 0.15) is 5.84 Å². The lowest BCUT2D eigenvalue weighted by molar-refractivity contribution is -0.144. The number of piperidine rings is 1. The molecule has 0 aliphatic carbocycles. The van der Waals surface area contributed by atoms with E-state index in [0.717, 1.165) is 25.9 Å². The summed E-state index contributed by atoms with van der Waals surface area (Å²) in [6.07, 6.45) is 1.47. The van der Waals surface area contributed by atoms with Gasteiger partial charge in [0.15, 0.2) is 6.10 Å². The maximum Gasteiger partial charge on any atom is 0.303 e. The van der Waals surface area contributed by atoms with Crippen LogP contribution in [0, 0.1) is 5.41 Å². The summed E-state index contributed by atoms with van der Waals surface area (Å²) in [5, 5.41) is 7.75. The van der Waals surface area contributed by atoms with Gasteiger partial charge in [-0.1, -0.05) is 0 Å². The molecule has 1 aliphatic rings. The fourth-order valence-electron chi connectivity index (χ4n) is 1.57. The van der Waals surface area contributed by atoms with Crippen molar-refractivity contribution in [3.05, 3.63) is 0 Å². The van der Waals surface area contributed by atoms with Gasteiger partial charge in [-0.15, -0.1) is 0 Å². The summed E-state index contributed by atoms with van der Waals surface area (Å²) in [6.45, 7) is 5.12. The SMILES string of the molecule is CCN1CCCC(OC(C)=O)C1=N. The third kappa shape index (κ3) is 2.44. The van der Waals surface area contributed by atoms with Gasteiger partial charge in [0.2, 0.25) is 0 Å². The number of nitrogens with one attached hydrogen (secondary N) is 1. The molecule has 0 aromatic heterocycles. The molecule has 0 spiro atoms. The summed E-state index contributed by atoms with van der Waals surface area (Å²) >= 11 is 0. The highest BCUT2D eigenvalue weighted by Gasteiger charge is 2.26. The molecule has 0 amide bonds. The van der Waals surface area contributed by atoms with Crippen LogP contribution in [-0.2, 0) is 9.53 Å². The number of carbonyl (C=O) groups is 1. The summed E-state index contributed by atoms with van der Waals surface area (Å²) in [7, 11) is 0. The number of esters is 1. The molecule has 1 unspecified atom stereocenters. The number of hydrogen-bond donors (Lipinski definition) is 1. The zero-order chi connectivity index (χ0) is 9.84. The molecule has 0 aromatic carbocycles. The largest absolute Gasteiger partial charge is 0.454 e. The highest BCUT2D eigenvalue weighted by molar-refractivity contribution is 5.86. The van der Waals surface area contributed by atoms with E-state index in [9.17, 15) is 4.79 Å². The van der Waals surface area contributed by atoms with E-state index >= 15 is 0 Å². The molecule has 1 saturated heterocycles. The van der Waals surface area contributed by atoms with Crippen LogP contribution in [0.4, 0.5) is 0 Å². The first-order valence-electron chi connectivity index (χ1n) is 4.65. The molecule has 1 heterocycles. The van der Waals surface area contributed by atoms with Crippen molar-refractivity contribution in [2.24, 2.45) is 0 Å². The van der Waals surface area contributed by atoms with Crippen molar-refractivity contribution < 1.29 is 9.53 Å². The van der Waals surface area contributed by atoms with Crippen molar-refractivity contribution in [3.63, 3.8) is 0 Å². The average Bonchev–Trinajstić information content (AvgIpc) is 2.08. The average molecular weight is 184 g/mol. The monoisotopic (exact) mass is 184 g/mol. The summed E-state index contributed by atoms with van der Waals surface area (Å²) in [4.78, 5) is 12.7. The number of likely N-dealkylation sites (N-methyl/N-ethyl adjacent to an activating group) is 1. The van der Waals surface area contributed by atoms with Gasteiger partial charge in [-0.25, -0.2) is 0 Å². The van der Waals surface area contributed by atoms with Crippen LogP contribution < -0.4 is 0 Å². The van der Waals surface area contributed by atoms with Crippen molar-refractivity contribution in [1.82, 2.24) is 4.90 Å². The Morgan fingerprint density at radius 1 is 1.77 bits per heavy atom. The van der Waals surface area contributed by atoms with Crippen LogP contribution in [0.5, 0.6) is 0 Å². The fourth-order valence-corrected chi connectivity index (χ4v) is 1.57. The lowest BCUT2D eigenvalue weighted by Crippen LogP contribution is -2.45. The van der Waals surface area contributed by atoms with Gasteiger partial charge in [-0.2, -0.15) is 0 Å². The Morgan fingerprint density at radius 3 is 3.00 bits per heavy atom. The van der Waals surface area contributed by atoms with E-state index in [-0.39, 0.29) is 12.1 Å². The molecule has 1 N–H and O–H groups in total. The van der Waals surface area contributed by atoms with Gasteiger partial charge in [-0.05, 0) is 19.8 Å². The lowest BCUT2D eigenvalue weighted by atomic mass is 10.1. The van der Waals surface area contributed by atoms with Gasteiger partial charge in [-0.3, -0.25) is 10.2 Å². The van der Waals surface area contributed by atoms with Crippen LogP contribution in [-0.4, -0.2) is 35.9 Å². The van der Waals surface area contributed by atoms with Crippen LogP contribution >= 0.6 is 0 Å². The Bertz CT molecular complexity index is 216. The number of likely N-dealkylation sites (tertiary alicyclic amines) is 1. The Morgan fingerprint density at radius 2 is 2.46 bits per heavy atom. The zero-order valence-corrected chi connectivity index (χ0v) is 8.17. The van der Waals surface area contributed by atoms with Crippen molar-refractivity contribution in [2.45, 2.75) is 32.8 Å². The van der Waals surface area contributed by atoms with E-state index in [1.165, 1.54) is 6.92 Å². The summed E-state index contributed by atoms with van der Waals surface area (Å²) in [5.41, 5.74) is 0. The minimum atomic E-state index is -0.314. The molecule has 0 radical (unpaired) electrons. The van der Waals surface area contributed by atoms with Crippen molar-refractivity contribution in [2.75, 3.05) is 13.1 Å². The molecule has 4 nitrogen and oxygen atoms in total. The molecule has 1 aliphatic heterocycles. The normalized spacial score (nSPS) is 23.1. The summed E-state index contributed by atoms with van der Waals surface area (Å²) in [5.74, 6) is 0.150. The number of nitrogens with zero attached hydrogens (tertiary/aromatic N) is 1. The van der Waals surface area contributed by atoms with E-state index in [1.54, 1.807) is 0 Å². The molecule has 13 heavy (non-hydrogen) atoms. The van der Waals surface area contributed by atoms with Crippen molar-refractivity contribution >= 4 is 11.8 Å². The molecular weight excluding hydrogens is 168 g/mol. The lowest BCUT2D eigenvalue weighted by Gasteiger charge is -2.33. The summed E-state index contributed by atoms with van der Waals surface area (Å²) < 4.78 is 5.03. The molecule has 4 heteroatoms. The number of amidine groups is 1. The first kappa shape index (κ1) is 10.0. The first-order chi connectivity index (χ1) is 6.15. The second kappa shape index (κ2) is 4.25. The van der Waals surface area contributed by atoms with Crippen molar-refractivity contribution in [3.8, 4) is 0 Å². The highest BCUT2D eigenvalue weighted by atomic mass is 16.5. The maximum absolute atomic E-state index is 10.7. The Balaban J connectivity index is 2.54. The fraction of sp³-hybridized carbons (Fsp3) is 0.778. The van der Waals surface area contributed by atoms with Gasteiger partial charge in [0.05, 0.1) is 0 Å². The number of carbonyl (C=O) groups excluding carboxylic acids is 1. The highest BCUT2D eigenvalue weighted by Crippen LogP contribution is 2.14. The first-order valence-corrected chi connectivity index (χ1v) is 4.65. The number of rotatable bonds is 2. The molecule has 74 valence electrons. The van der Waals surface area contributed by atoms with Crippen molar-refractivity contribution in [1.29, 1.82) is 5.41 Å². The predicted molar refractivity (Wildman–Crippen MR) is 49.8 cm³/mol. The molecule has 1 atom stereocenters. The van der Waals surface area contributed by atoms with Crippen LogP contribution in [0.1, 0.15) is 26.7 Å². The summed E-state index contributed by atoms with van der Waals surface area (Å²) in [6, 6.07) is 0. The Labute approximate surface area is 78.4 Å². The Kier molecular flexibility index (Phi) is 3.28. The van der Waals surface area contributed by atoms with Gasteiger partial charge >= 0.3 is 5.97 Å². The number of hydrogen-bond acceptors (Lipinski definition) is 3. The minimum absolute atomic E-state index is 0.298. The second-order valence-electron chi connectivity index (χ2n) is 3.21. The third-order valence-corrected chi connectivity index (χ3v) is 2.23. The molecule has 0 aromatic rings. The second-order valence-corrected chi connectivity index (χ2v) is 3.21. The Hall–Kier alpha value is -1.06. The standard InChI is InChI=1S/C9H16N2O2/c1-3-11-6-4-5-8(9(11)10)13-7(2)12/h8,10H,3-6H2,1-2H3. The predicted octanol–water partition coefficient (Wildman–Crippen LogP) is 1.01. The van der Waals surface area contributed by atoms with Crippen LogP contribution in [0.25, 0.3) is 0 Å². The van der Waals surface area contributed by atoms with E-state index in [2.05, 4.69) is 0 Å². The quantitative estimate of drug-likeness (QED) is 0.652. The van der Waals surface area contributed by atoms with E-state index in [0.29, 0.717) is 5.84 Å². The molecular formula is C9H16N2O2. The third-order valence-electron chi connectivity index (χ3n) is 2.23. The smallest absolute Gasteiger partial charge is 0.303 e. The van der Waals surface area contributed by atoms with E-state index < -0.39 is 0 Å². The number of ether oxygens (including phenoxy) is 1. The van der Waals surface area contributed by atoms with E-state index in [1.807, 2.05) is 11.8 Å². The molecule has 0 saturated carbocycles.